The van der Waals surface area contributed by atoms with Gasteiger partial charge in [0.1, 0.15) is 6.42 Å². The third-order valence-electron chi connectivity index (χ3n) is 2.71. The Morgan fingerprint density at radius 3 is 2.11 bits per heavy atom. The van der Waals surface area contributed by atoms with E-state index in [0.717, 1.165) is 6.42 Å². The van der Waals surface area contributed by atoms with Gasteiger partial charge in [0.05, 0.1) is 9.85 Å². The maximum Gasteiger partial charge on any atom is 0.396 e. The summed E-state index contributed by atoms with van der Waals surface area (Å²) in [6.45, 7) is 0. The fourth-order valence-corrected chi connectivity index (χ4v) is 1.95. The van der Waals surface area contributed by atoms with Crippen molar-refractivity contribution < 1.29 is 14.8 Å². The molecule has 0 amide bonds. The Labute approximate surface area is 105 Å². The highest BCUT2D eigenvalue weighted by Crippen LogP contribution is 2.37. The number of allylic oxidation sites excluding steroid dienone is 1. The Morgan fingerprint density at radius 1 is 0.947 bits per heavy atom. The third kappa shape index (κ3) is 2.01. The summed E-state index contributed by atoms with van der Waals surface area (Å²) in [5.41, 5.74) is -1.56. The quantitative estimate of drug-likeness (QED) is 0.598. The Bertz CT molecular complexity index is 623. The van der Waals surface area contributed by atoms with E-state index < -0.39 is 32.2 Å². The smallest absolute Gasteiger partial charge is 0.263 e. The molecule has 97 valence electrons. The number of hydrogen-bond donors (Lipinski definition) is 0. The first-order chi connectivity index (χ1) is 8.93. The molecule has 1 atom stereocenters. The molecule has 1 aliphatic carbocycles. The van der Waals surface area contributed by atoms with Gasteiger partial charge >= 0.3 is 17.4 Å². The van der Waals surface area contributed by atoms with Crippen molar-refractivity contribution in [3.05, 3.63) is 83.6 Å². The average Bonchev–Trinajstić information content (AvgIpc) is 2.35. The topological polar surface area (TPSA) is 129 Å². The van der Waals surface area contributed by atoms with E-state index >= 15 is 0 Å². The lowest BCUT2D eigenvalue weighted by atomic mass is 9.89. The molecule has 1 aromatic rings. The monoisotopic (exact) mass is 264 g/mol. The largest absolute Gasteiger partial charge is 0.396 e. The standard InChI is InChI=1S/C10H6N3O6/c14-11(15)8-5-6-3-1-2-4-7(6)9(12(16)17)10(8)13(18)19/h1-5,9H. The Morgan fingerprint density at radius 2 is 1.58 bits per heavy atom. The summed E-state index contributed by atoms with van der Waals surface area (Å²) in [6, 6.07) is 3.97. The van der Waals surface area contributed by atoms with Gasteiger partial charge in [-0.15, -0.1) is 0 Å². The lowest BCUT2D eigenvalue weighted by Crippen LogP contribution is -2.27. The van der Waals surface area contributed by atoms with E-state index in [2.05, 4.69) is 0 Å². The first-order valence-corrected chi connectivity index (χ1v) is 5.03. The van der Waals surface area contributed by atoms with Crippen molar-refractivity contribution in [3.8, 4) is 0 Å². The first-order valence-electron chi connectivity index (χ1n) is 5.03. The molecule has 0 N–H and O–H groups in total. The zero-order valence-electron chi connectivity index (χ0n) is 9.26. The fraction of sp³-hybridized carbons (Fsp3) is 0.100. The van der Waals surface area contributed by atoms with Gasteiger partial charge in [0.2, 0.25) is 0 Å². The van der Waals surface area contributed by atoms with E-state index in [1.165, 1.54) is 18.2 Å². The predicted octanol–water partition coefficient (Wildman–Crippen LogP) is 1.34. The molecule has 0 saturated heterocycles. The molecule has 9 nitrogen and oxygen atoms in total. The van der Waals surface area contributed by atoms with Crippen LogP contribution in [0.1, 0.15) is 17.2 Å². The van der Waals surface area contributed by atoms with Gasteiger partial charge in [-0.3, -0.25) is 30.3 Å². The van der Waals surface area contributed by atoms with Gasteiger partial charge in [-0.05, 0) is 5.56 Å². The van der Waals surface area contributed by atoms with Crippen LogP contribution in [0.2, 0.25) is 0 Å². The van der Waals surface area contributed by atoms with Crippen LogP contribution in [0.3, 0.4) is 0 Å². The molecule has 1 unspecified atom stereocenters. The predicted molar refractivity (Wildman–Crippen MR) is 60.6 cm³/mol. The summed E-state index contributed by atoms with van der Waals surface area (Å²) in [4.78, 5) is 29.8. The molecule has 0 heterocycles. The number of benzene rings is 1. The molecule has 1 aliphatic rings. The number of nitrogens with zero attached hydrogens (tertiary/aromatic N) is 3. The molecule has 1 aromatic carbocycles. The number of nitro groups is 3. The lowest BCUT2D eigenvalue weighted by Gasteiger charge is -2.15. The highest BCUT2D eigenvalue weighted by Gasteiger charge is 2.50. The molecule has 9 heteroatoms. The maximum atomic E-state index is 11.0. The average molecular weight is 264 g/mol. The normalized spacial score (nSPS) is 17.8. The second kappa shape index (κ2) is 4.44. The summed E-state index contributed by atoms with van der Waals surface area (Å²) in [7, 11) is 0. The van der Waals surface area contributed by atoms with Crippen LogP contribution in [-0.4, -0.2) is 14.8 Å². The van der Waals surface area contributed by atoms with E-state index in [0.29, 0.717) is 0 Å². The van der Waals surface area contributed by atoms with E-state index in [4.69, 9.17) is 0 Å². The summed E-state index contributed by atoms with van der Waals surface area (Å²) in [6.07, 6.45) is 0.980. The van der Waals surface area contributed by atoms with Crippen LogP contribution < -0.4 is 0 Å². The molecule has 0 bridgehead atoms. The minimum Gasteiger partial charge on any atom is -0.263 e. The van der Waals surface area contributed by atoms with Crippen LogP contribution in [-0.2, 0) is 0 Å². The maximum absolute atomic E-state index is 11.0. The van der Waals surface area contributed by atoms with Crippen molar-refractivity contribution in [1.82, 2.24) is 0 Å². The Hall–Kier alpha value is -2.84. The Kier molecular flexibility index (Phi) is 2.95. The van der Waals surface area contributed by atoms with Crippen molar-refractivity contribution in [2.75, 3.05) is 0 Å². The van der Waals surface area contributed by atoms with Crippen molar-refractivity contribution >= 4 is 0 Å². The summed E-state index contributed by atoms with van der Waals surface area (Å²) in [5, 5.41) is 32.8. The molecule has 0 aliphatic heterocycles. The van der Waals surface area contributed by atoms with Crippen LogP contribution in [0, 0.1) is 36.8 Å². The Balaban J connectivity index is 2.72. The van der Waals surface area contributed by atoms with E-state index in [-0.39, 0.29) is 11.1 Å². The van der Waals surface area contributed by atoms with E-state index in [9.17, 15) is 30.3 Å². The van der Waals surface area contributed by atoms with Gasteiger partial charge in [0.15, 0.2) is 0 Å². The van der Waals surface area contributed by atoms with Crippen LogP contribution in [0.5, 0.6) is 0 Å². The molecule has 1 radical (unpaired) electrons. The van der Waals surface area contributed by atoms with Crippen LogP contribution in [0.25, 0.3) is 0 Å². The fourth-order valence-electron chi connectivity index (χ4n) is 1.95. The zero-order chi connectivity index (χ0) is 14.2. The number of hydrogen-bond acceptors (Lipinski definition) is 6. The highest BCUT2D eigenvalue weighted by atomic mass is 16.7. The second-order valence-corrected chi connectivity index (χ2v) is 3.75. The molecule has 0 saturated carbocycles. The number of rotatable bonds is 3. The third-order valence-corrected chi connectivity index (χ3v) is 2.71. The summed E-state index contributed by atoms with van der Waals surface area (Å²) in [5.74, 6) is 0. The second-order valence-electron chi connectivity index (χ2n) is 3.75. The van der Waals surface area contributed by atoms with Crippen molar-refractivity contribution in [2.24, 2.45) is 0 Å². The van der Waals surface area contributed by atoms with Crippen LogP contribution >= 0.6 is 0 Å². The van der Waals surface area contributed by atoms with Gasteiger partial charge in [-0.25, -0.2) is 0 Å². The van der Waals surface area contributed by atoms with Gasteiger partial charge in [0, 0.05) is 10.5 Å². The molecular weight excluding hydrogens is 258 g/mol. The SMILES string of the molecule is O=[N+]([O-])C1=C([N+](=O)[O-])C([N+](=O)[O-])c2ccccc2[CH]1. The zero-order valence-corrected chi connectivity index (χ0v) is 9.26. The lowest BCUT2D eigenvalue weighted by molar-refractivity contribution is -0.569. The highest BCUT2D eigenvalue weighted by molar-refractivity contribution is 5.46. The molecule has 2 rings (SSSR count). The first kappa shape index (κ1) is 12.6. The molecule has 0 aromatic heterocycles. The van der Waals surface area contributed by atoms with E-state index in [1.54, 1.807) is 6.07 Å². The van der Waals surface area contributed by atoms with Crippen LogP contribution in [0.4, 0.5) is 0 Å². The molecule has 0 spiro atoms. The minimum absolute atomic E-state index is 0.0739. The van der Waals surface area contributed by atoms with Gasteiger partial charge in [-0.1, -0.05) is 24.3 Å². The minimum atomic E-state index is -1.84. The van der Waals surface area contributed by atoms with E-state index in [1.807, 2.05) is 0 Å². The molecule has 19 heavy (non-hydrogen) atoms. The van der Waals surface area contributed by atoms with Gasteiger partial charge in [-0.2, -0.15) is 0 Å². The molecular formula is C10H6N3O6. The summed E-state index contributed by atoms with van der Waals surface area (Å²) >= 11 is 0. The van der Waals surface area contributed by atoms with Crippen LogP contribution in [0.15, 0.2) is 35.7 Å². The van der Waals surface area contributed by atoms with Crippen molar-refractivity contribution in [3.63, 3.8) is 0 Å². The van der Waals surface area contributed by atoms with Crippen molar-refractivity contribution in [1.29, 1.82) is 0 Å². The molecule has 0 fully saturated rings. The summed E-state index contributed by atoms with van der Waals surface area (Å²) < 4.78 is 0. The number of fused-ring (bicyclic) bond motifs is 1. The van der Waals surface area contributed by atoms with Gasteiger partial charge in [0.25, 0.3) is 0 Å². The van der Waals surface area contributed by atoms with Crippen molar-refractivity contribution in [2.45, 2.75) is 6.04 Å². The van der Waals surface area contributed by atoms with Gasteiger partial charge < -0.3 is 0 Å².